The van der Waals surface area contributed by atoms with Crippen LogP contribution in [-0.2, 0) is 20.7 Å². The van der Waals surface area contributed by atoms with Crippen molar-refractivity contribution < 1.29 is 27.5 Å². The molecule has 2 amide bonds. The lowest BCUT2D eigenvalue weighted by Gasteiger charge is -2.41. The number of piperidine rings is 1. The van der Waals surface area contributed by atoms with Gasteiger partial charge in [-0.15, -0.1) is 0 Å². The number of benzene rings is 1. The zero-order valence-electron chi connectivity index (χ0n) is 18.7. The molecule has 3 fully saturated rings. The van der Waals surface area contributed by atoms with Crippen LogP contribution in [0.2, 0.25) is 0 Å². The molecule has 33 heavy (non-hydrogen) atoms. The molecule has 0 aliphatic carbocycles. The van der Waals surface area contributed by atoms with E-state index in [1.807, 2.05) is 4.90 Å². The Kier molecular flexibility index (Phi) is 7.58. The highest BCUT2D eigenvalue weighted by Crippen LogP contribution is 2.40. The molecule has 3 atom stereocenters. The molecule has 9 heteroatoms. The van der Waals surface area contributed by atoms with Crippen LogP contribution in [0.3, 0.4) is 0 Å². The van der Waals surface area contributed by atoms with E-state index in [1.54, 1.807) is 0 Å². The summed E-state index contributed by atoms with van der Waals surface area (Å²) in [6.07, 6.45) is 5.38. The van der Waals surface area contributed by atoms with Crippen LogP contribution in [-0.4, -0.2) is 54.6 Å². The number of carbonyl (C=O) groups is 2. The number of hydrogen-bond acceptors (Lipinski definition) is 4. The standard InChI is InChI=1S/C24H32F3N3O3/c25-19-12-21(27)20(26)10-15(19)11-22(28)16-8-17-1-2-18(9-16)30(17)24(32)13-29-23(31)7-14-3-5-33-6-4-14/h10,12,14,16-18,22H,1-9,11,13,28H2,(H,29,31). The number of hydrogen-bond donors (Lipinski definition) is 2. The van der Waals surface area contributed by atoms with Crippen molar-refractivity contribution in [2.75, 3.05) is 19.8 Å². The number of nitrogens with one attached hydrogen (secondary N) is 1. The quantitative estimate of drug-likeness (QED) is 0.604. The summed E-state index contributed by atoms with van der Waals surface area (Å²) < 4.78 is 46.1. The van der Waals surface area contributed by atoms with Crippen molar-refractivity contribution in [3.8, 4) is 0 Å². The third-order valence-corrected chi connectivity index (χ3v) is 7.46. The Morgan fingerprint density at radius 1 is 1.03 bits per heavy atom. The summed E-state index contributed by atoms with van der Waals surface area (Å²) in [5, 5.41) is 2.78. The van der Waals surface area contributed by atoms with Gasteiger partial charge in [0.05, 0.1) is 6.54 Å². The normalized spacial score (nSPS) is 26.3. The Bertz CT molecular complexity index is 864. The minimum Gasteiger partial charge on any atom is -0.381 e. The number of rotatable bonds is 7. The molecular weight excluding hydrogens is 435 g/mol. The fourth-order valence-electron chi connectivity index (χ4n) is 5.67. The van der Waals surface area contributed by atoms with Crippen LogP contribution < -0.4 is 11.1 Å². The molecular formula is C24H32F3N3O3. The second-order valence-corrected chi connectivity index (χ2v) is 9.68. The first-order chi connectivity index (χ1) is 15.8. The lowest BCUT2D eigenvalue weighted by molar-refractivity contribution is -0.137. The minimum absolute atomic E-state index is 0.00809. The van der Waals surface area contributed by atoms with E-state index in [1.165, 1.54) is 0 Å². The topological polar surface area (TPSA) is 84.7 Å². The van der Waals surface area contributed by atoms with Gasteiger partial charge in [-0.3, -0.25) is 9.59 Å². The van der Waals surface area contributed by atoms with Crippen molar-refractivity contribution in [3.63, 3.8) is 0 Å². The summed E-state index contributed by atoms with van der Waals surface area (Å²) in [4.78, 5) is 27.0. The van der Waals surface area contributed by atoms with Crippen molar-refractivity contribution in [1.29, 1.82) is 0 Å². The minimum atomic E-state index is -1.21. The van der Waals surface area contributed by atoms with E-state index in [2.05, 4.69) is 5.32 Å². The molecule has 182 valence electrons. The average Bonchev–Trinajstić information content (AvgIpc) is 3.05. The van der Waals surface area contributed by atoms with Gasteiger partial charge in [0.25, 0.3) is 0 Å². The van der Waals surface area contributed by atoms with E-state index < -0.39 is 23.5 Å². The van der Waals surface area contributed by atoms with E-state index in [0.29, 0.717) is 44.5 Å². The van der Waals surface area contributed by atoms with Gasteiger partial charge in [-0.05, 0) is 68.4 Å². The smallest absolute Gasteiger partial charge is 0.242 e. The van der Waals surface area contributed by atoms with E-state index >= 15 is 0 Å². The lowest BCUT2D eigenvalue weighted by atomic mass is 9.82. The van der Waals surface area contributed by atoms with Gasteiger partial charge in [-0.25, -0.2) is 13.2 Å². The van der Waals surface area contributed by atoms with Crippen LogP contribution >= 0.6 is 0 Å². The monoisotopic (exact) mass is 467 g/mol. The van der Waals surface area contributed by atoms with Crippen molar-refractivity contribution in [2.24, 2.45) is 17.6 Å². The first kappa shape index (κ1) is 24.0. The van der Waals surface area contributed by atoms with Gasteiger partial charge in [-0.1, -0.05) is 0 Å². The van der Waals surface area contributed by atoms with Crippen molar-refractivity contribution in [3.05, 3.63) is 35.1 Å². The zero-order chi connectivity index (χ0) is 23.5. The molecule has 1 aromatic carbocycles. The molecule has 0 aromatic heterocycles. The molecule has 4 rings (SSSR count). The summed E-state index contributed by atoms with van der Waals surface area (Å²) in [6.45, 7) is 1.35. The Morgan fingerprint density at radius 3 is 2.33 bits per heavy atom. The van der Waals surface area contributed by atoms with Crippen LogP contribution in [0.25, 0.3) is 0 Å². The SMILES string of the molecule is NC(Cc1cc(F)c(F)cc1F)C1CC2CCC(C1)N2C(=O)CNC(=O)CC1CCOCC1. The highest BCUT2D eigenvalue weighted by molar-refractivity contribution is 5.85. The van der Waals surface area contributed by atoms with Gasteiger partial charge in [0.15, 0.2) is 11.6 Å². The van der Waals surface area contributed by atoms with Crippen LogP contribution in [0.4, 0.5) is 13.2 Å². The highest BCUT2D eigenvalue weighted by atomic mass is 19.2. The molecule has 3 aliphatic heterocycles. The summed E-state index contributed by atoms with van der Waals surface area (Å²) >= 11 is 0. The predicted octanol–water partition coefficient (Wildman–Crippen LogP) is 2.68. The van der Waals surface area contributed by atoms with Crippen LogP contribution in [0, 0.1) is 29.3 Å². The predicted molar refractivity (Wildman–Crippen MR) is 116 cm³/mol. The van der Waals surface area contributed by atoms with Crippen molar-refractivity contribution >= 4 is 11.8 Å². The van der Waals surface area contributed by atoms with E-state index in [9.17, 15) is 22.8 Å². The summed E-state index contributed by atoms with van der Waals surface area (Å²) in [6, 6.07) is 1.09. The number of nitrogens with zero attached hydrogens (tertiary/aromatic N) is 1. The summed E-state index contributed by atoms with van der Waals surface area (Å²) in [5.74, 6) is -2.91. The third-order valence-electron chi connectivity index (χ3n) is 7.46. The maximum absolute atomic E-state index is 14.0. The van der Waals surface area contributed by atoms with Gasteiger partial charge in [-0.2, -0.15) is 0 Å². The average molecular weight is 468 g/mol. The highest BCUT2D eigenvalue weighted by Gasteiger charge is 2.44. The summed E-state index contributed by atoms with van der Waals surface area (Å²) in [5.41, 5.74) is 6.42. The fourth-order valence-corrected chi connectivity index (χ4v) is 5.67. The lowest BCUT2D eigenvalue weighted by Crippen LogP contribution is -2.52. The molecule has 1 aromatic rings. The van der Waals surface area contributed by atoms with Crippen molar-refractivity contribution in [1.82, 2.24) is 10.2 Å². The molecule has 0 radical (unpaired) electrons. The Morgan fingerprint density at radius 2 is 1.67 bits per heavy atom. The van der Waals surface area contributed by atoms with Gasteiger partial charge < -0.3 is 20.7 Å². The number of fused-ring (bicyclic) bond motifs is 2. The Balaban J connectivity index is 1.28. The molecule has 3 heterocycles. The Labute approximate surface area is 192 Å². The van der Waals surface area contributed by atoms with Crippen LogP contribution in [0.5, 0.6) is 0 Å². The maximum atomic E-state index is 14.0. The van der Waals surface area contributed by atoms with Gasteiger partial charge >= 0.3 is 0 Å². The number of nitrogens with two attached hydrogens (primary N) is 1. The van der Waals surface area contributed by atoms with Crippen LogP contribution in [0.1, 0.15) is 50.5 Å². The second kappa shape index (κ2) is 10.4. The van der Waals surface area contributed by atoms with E-state index in [4.69, 9.17) is 10.5 Å². The number of amides is 2. The number of ether oxygens (including phenoxy) is 1. The first-order valence-electron chi connectivity index (χ1n) is 11.9. The summed E-state index contributed by atoms with van der Waals surface area (Å²) in [7, 11) is 0. The molecule has 3 aliphatic rings. The molecule has 0 saturated carbocycles. The molecule has 3 saturated heterocycles. The Hall–Kier alpha value is -2.13. The van der Waals surface area contributed by atoms with E-state index in [0.717, 1.165) is 31.7 Å². The molecule has 6 nitrogen and oxygen atoms in total. The van der Waals surface area contributed by atoms with Gasteiger partial charge in [0.1, 0.15) is 5.82 Å². The number of carbonyl (C=O) groups excluding carboxylic acids is 2. The zero-order valence-corrected chi connectivity index (χ0v) is 18.7. The van der Waals surface area contributed by atoms with Gasteiger partial charge in [0, 0.05) is 43.8 Å². The fraction of sp³-hybridized carbons (Fsp3) is 0.667. The molecule has 3 unspecified atom stereocenters. The first-order valence-corrected chi connectivity index (χ1v) is 11.9. The molecule has 3 N–H and O–H groups in total. The second-order valence-electron chi connectivity index (χ2n) is 9.68. The molecule has 2 bridgehead atoms. The third kappa shape index (κ3) is 5.69. The van der Waals surface area contributed by atoms with E-state index in [-0.39, 0.29) is 48.3 Å². The van der Waals surface area contributed by atoms with Crippen molar-refractivity contribution in [2.45, 2.75) is 69.5 Å². The molecule has 0 spiro atoms. The largest absolute Gasteiger partial charge is 0.381 e. The van der Waals surface area contributed by atoms with Crippen LogP contribution in [0.15, 0.2) is 12.1 Å². The van der Waals surface area contributed by atoms with Gasteiger partial charge in [0.2, 0.25) is 11.8 Å². The maximum Gasteiger partial charge on any atom is 0.242 e. The number of halogens is 3.